The lowest BCUT2D eigenvalue weighted by Gasteiger charge is -2.00. The van der Waals surface area contributed by atoms with Crippen molar-refractivity contribution in [2.75, 3.05) is 0 Å². The van der Waals surface area contributed by atoms with Crippen molar-refractivity contribution in [3.05, 3.63) is 77.9 Å². The minimum atomic E-state index is 0.688. The lowest BCUT2D eigenvalue weighted by molar-refractivity contribution is 0.620. The van der Waals surface area contributed by atoms with Gasteiger partial charge < -0.3 is 4.42 Å². The molecule has 104 valence electrons. The van der Waals surface area contributed by atoms with Gasteiger partial charge in [-0.25, -0.2) is 4.98 Å². The number of hydrogen-bond acceptors (Lipinski definition) is 2. The van der Waals surface area contributed by atoms with Gasteiger partial charge in [-0.3, -0.25) is 0 Å². The van der Waals surface area contributed by atoms with Crippen LogP contribution in [0.2, 0.25) is 0 Å². The lowest BCUT2D eigenvalue weighted by Crippen LogP contribution is -1.79. The molecule has 0 spiro atoms. The summed E-state index contributed by atoms with van der Waals surface area (Å²) in [6, 6.07) is 22.8. The molecule has 0 unspecified atom stereocenters. The second-order valence-electron chi connectivity index (χ2n) is 5.67. The smallest absolute Gasteiger partial charge is 0.227 e. The molecule has 22 heavy (non-hydrogen) atoms. The summed E-state index contributed by atoms with van der Waals surface area (Å²) in [6.45, 7) is 0. The Morgan fingerprint density at radius 2 is 1.59 bits per heavy atom. The molecule has 1 heterocycles. The highest BCUT2D eigenvalue weighted by molar-refractivity contribution is 5.96. The van der Waals surface area contributed by atoms with Crippen LogP contribution in [0.5, 0.6) is 0 Å². The highest BCUT2D eigenvalue weighted by atomic mass is 16.3. The van der Waals surface area contributed by atoms with Crippen LogP contribution in [-0.2, 0) is 6.42 Å². The summed E-state index contributed by atoms with van der Waals surface area (Å²) < 4.78 is 6.14. The molecule has 1 aromatic heterocycles. The summed E-state index contributed by atoms with van der Waals surface area (Å²) >= 11 is 0. The molecule has 0 fully saturated rings. The summed E-state index contributed by atoms with van der Waals surface area (Å²) in [5.74, 6) is 0.688. The van der Waals surface area contributed by atoms with Gasteiger partial charge >= 0.3 is 0 Å². The fraction of sp³-hybridized carbons (Fsp3) is 0.0500. The van der Waals surface area contributed by atoms with E-state index in [9.17, 15) is 0 Å². The molecule has 0 N–H and O–H groups in total. The maximum absolute atomic E-state index is 6.14. The van der Waals surface area contributed by atoms with Crippen LogP contribution < -0.4 is 0 Å². The Kier molecular flexibility index (Phi) is 2.30. The van der Waals surface area contributed by atoms with Crippen molar-refractivity contribution in [3.63, 3.8) is 0 Å². The normalized spacial score (nSPS) is 12.4. The molecule has 4 aromatic rings. The SMILES string of the molecule is c1ccc(-c2nc3ccc4c(c3o2)-c2ccccc2C4)cc1. The van der Waals surface area contributed by atoms with E-state index in [2.05, 4.69) is 41.4 Å². The predicted molar refractivity (Wildman–Crippen MR) is 87.7 cm³/mol. The Bertz CT molecular complexity index is 999. The Labute approximate surface area is 128 Å². The molecule has 2 nitrogen and oxygen atoms in total. The van der Waals surface area contributed by atoms with Crippen molar-refractivity contribution in [1.29, 1.82) is 0 Å². The van der Waals surface area contributed by atoms with E-state index in [0.717, 1.165) is 23.1 Å². The molecule has 0 aliphatic heterocycles. The van der Waals surface area contributed by atoms with E-state index >= 15 is 0 Å². The molecule has 2 heteroatoms. The van der Waals surface area contributed by atoms with E-state index < -0.39 is 0 Å². The minimum absolute atomic E-state index is 0.688. The molecular formula is C20H13NO. The monoisotopic (exact) mass is 283 g/mol. The Hall–Kier alpha value is -2.87. The average molecular weight is 283 g/mol. The van der Waals surface area contributed by atoms with Crippen molar-refractivity contribution in [2.24, 2.45) is 0 Å². The van der Waals surface area contributed by atoms with Gasteiger partial charge in [-0.1, -0.05) is 48.5 Å². The molecule has 5 rings (SSSR count). The maximum Gasteiger partial charge on any atom is 0.227 e. The zero-order chi connectivity index (χ0) is 14.5. The third-order valence-corrected chi connectivity index (χ3v) is 4.33. The van der Waals surface area contributed by atoms with Crippen LogP contribution in [0.1, 0.15) is 11.1 Å². The molecule has 0 radical (unpaired) electrons. The summed E-state index contributed by atoms with van der Waals surface area (Å²) in [5.41, 5.74) is 8.02. The number of aromatic nitrogens is 1. The topological polar surface area (TPSA) is 26.0 Å². The fourth-order valence-electron chi connectivity index (χ4n) is 3.30. The van der Waals surface area contributed by atoms with Crippen LogP contribution in [-0.4, -0.2) is 4.98 Å². The summed E-state index contributed by atoms with van der Waals surface area (Å²) in [5, 5.41) is 0. The maximum atomic E-state index is 6.14. The van der Waals surface area contributed by atoms with E-state index in [1.165, 1.54) is 22.3 Å². The largest absolute Gasteiger partial charge is 0.435 e. The van der Waals surface area contributed by atoms with Crippen molar-refractivity contribution < 1.29 is 4.42 Å². The van der Waals surface area contributed by atoms with Crippen LogP contribution >= 0.6 is 0 Å². The van der Waals surface area contributed by atoms with Gasteiger partial charge in [0, 0.05) is 11.1 Å². The van der Waals surface area contributed by atoms with Crippen molar-refractivity contribution in [2.45, 2.75) is 6.42 Å². The van der Waals surface area contributed by atoms with Gasteiger partial charge in [0.1, 0.15) is 5.52 Å². The third-order valence-electron chi connectivity index (χ3n) is 4.33. The van der Waals surface area contributed by atoms with E-state index in [4.69, 9.17) is 4.42 Å². The molecule has 0 atom stereocenters. The van der Waals surface area contributed by atoms with Gasteiger partial charge in [-0.05, 0) is 41.3 Å². The van der Waals surface area contributed by atoms with E-state index in [1.807, 2.05) is 30.3 Å². The number of hydrogen-bond donors (Lipinski definition) is 0. The van der Waals surface area contributed by atoms with Crippen LogP contribution in [0.3, 0.4) is 0 Å². The van der Waals surface area contributed by atoms with Crippen molar-refractivity contribution in [1.82, 2.24) is 4.98 Å². The van der Waals surface area contributed by atoms with E-state index in [0.29, 0.717) is 5.89 Å². The third kappa shape index (κ3) is 1.58. The van der Waals surface area contributed by atoms with Gasteiger partial charge in [0.15, 0.2) is 5.58 Å². The first-order valence-electron chi connectivity index (χ1n) is 7.46. The molecular weight excluding hydrogens is 270 g/mol. The van der Waals surface area contributed by atoms with Crippen LogP contribution in [0.15, 0.2) is 71.1 Å². The first-order chi connectivity index (χ1) is 10.9. The van der Waals surface area contributed by atoms with Crippen LogP contribution in [0.4, 0.5) is 0 Å². The summed E-state index contributed by atoms with van der Waals surface area (Å²) in [4.78, 5) is 4.67. The Morgan fingerprint density at radius 1 is 0.773 bits per heavy atom. The lowest BCUT2D eigenvalue weighted by atomic mass is 10.1. The molecule has 1 aliphatic carbocycles. The van der Waals surface area contributed by atoms with Crippen molar-refractivity contribution >= 4 is 11.1 Å². The summed E-state index contributed by atoms with van der Waals surface area (Å²) in [6.07, 6.45) is 0.975. The molecule has 0 saturated carbocycles. The molecule has 0 amide bonds. The molecule has 1 aliphatic rings. The molecule has 3 aromatic carbocycles. The average Bonchev–Trinajstić information content (AvgIpc) is 3.16. The second kappa shape index (κ2) is 4.31. The zero-order valence-corrected chi connectivity index (χ0v) is 11.9. The minimum Gasteiger partial charge on any atom is -0.435 e. The second-order valence-corrected chi connectivity index (χ2v) is 5.67. The zero-order valence-electron chi connectivity index (χ0n) is 11.9. The Morgan fingerprint density at radius 3 is 2.50 bits per heavy atom. The van der Waals surface area contributed by atoms with E-state index in [1.54, 1.807) is 0 Å². The highest BCUT2D eigenvalue weighted by Gasteiger charge is 2.23. The number of fused-ring (bicyclic) bond motifs is 5. The van der Waals surface area contributed by atoms with Crippen LogP contribution in [0, 0.1) is 0 Å². The number of oxazole rings is 1. The number of benzene rings is 3. The fourth-order valence-corrected chi connectivity index (χ4v) is 3.30. The highest BCUT2D eigenvalue weighted by Crippen LogP contribution is 2.42. The standard InChI is InChI=1S/C20H13NO/c1-2-6-13(7-3-1)20-21-17-11-10-15-12-14-8-4-5-9-16(14)18(15)19(17)22-20/h1-11H,12H2. The molecule has 0 saturated heterocycles. The quantitative estimate of drug-likeness (QED) is 0.429. The first kappa shape index (κ1) is 11.8. The van der Waals surface area contributed by atoms with Gasteiger partial charge in [0.2, 0.25) is 5.89 Å². The van der Waals surface area contributed by atoms with Gasteiger partial charge in [-0.15, -0.1) is 0 Å². The van der Waals surface area contributed by atoms with Crippen molar-refractivity contribution in [3.8, 4) is 22.6 Å². The Balaban J connectivity index is 1.80. The first-order valence-corrected chi connectivity index (χ1v) is 7.46. The van der Waals surface area contributed by atoms with Gasteiger partial charge in [-0.2, -0.15) is 0 Å². The van der Waals surface area contributed by atoms with Gasteiger partial charge in [0.25, 0.3) is 0 Å². The molecule has 0 bridgehead atoms. The summed E-state index contributed by atoms with van der Waals surface area (Å²) in [7, 11) is 0. The van der Waals surface area contributed by atoms with Gasteiger partial charge in [0.05, 0.1) is 0 Å². The number of nitrogens with zero attached hydrogens (tertiary/aromatic N) is 1. The van der Waals surface area contributed by atoms with E-state index in [-0.39, 0.29) is 0 Å². The predicted octanol–water partition coefficient (Wildman–Crippen LogP) is 5.07. The number of rotatable bonds is 1. The van der Waals surface area contributed by atoms with Crippen LogP contribution in [0.25, 0.3) is 33.7 Å².